The van der Waals surface area contributed by atoms with Gasteiger partial charge in [0, 0.05) is 18.1 Å². The molecule has 5 rings (SSSR count). The molecule has 1 aliphatic heterocycles. The van der Waals surface area contributed by atoms with Crippen LogP contribution in [0.25, 0.3) is 17.2 Å². The first-order valence-corrected chi connectivity index (χ1v) is 11.9. The molecular weight excluding hydrogens is 470 g/mol. The van der Waals surface area contributed by atoms with E-state index < -0.39 is 17.7 Å². The lowest BCUT2D eigenvalue weighted by molar-refractivity contribution is -0.132. The van der Waals surface area contributed by atoms with Crippen molar-refractivity contribution in [2.24, 2.45) is 0 Å². The summed E-state index contributed by atoms with van der Waals surface area (Å²) in [6.45, 7) is 7.63. The number of amides is 1. The highest BCUT2D eigenvalue weighted by atomic mass is 16.4. The van der Waals surface area contributed by atoms with E-state index in [4.69, 9.17) is 4.42 Å². The normalized spacial score (nSPS) is 17.1. The number of hydrogen-bond donors (Lipinski definition) is 1. The highest BCUT2D eigenvalue weighted by Gasteiger charge is 2.47. The van der Waals surface area contributed by atoms with Gasteiger partial charge in [0.1, 0.15) is 5.76 Å². The van der Waals surface area contributed by atoms with Crippen molar-refractivity contribution >= 4 is 23.3 Å². The van der Waals surface area contributed by atoms with Gasteiger partial charge in [-0.3, -0.25) is 14.5 Å². The number of Topliss-reactive ketones (excluding diaryl/α,β-unsaturated/α-hetero) is 1. The van der Waals surface area contributed by atoms with Crippen molar-refractivity contribution in [1.29, 1.82) is 0 Å². The van der Waals surface area contributed by atoms with E-state index >= 15 is 0 Å². The highest BCUT2D eigenvalue weighted by Crippen LogP contribution is 2.42. The maximum atomic E-state index is 13.3. The van der Waals surface area contributed by atoms with E-state index in [0.29, 0.717) is 40.1 Å². The summed E-state index contributed by atoms with van der Waals surface area (Å²) in [5, 5.41) is 27.4. The maximum absolute atomic E-state index is 13.3. The van der Waals surface area contributed by atoms with Crippen molar-refractivity contribution in [2.75, 3.05) is 4.90 Å². The molecule has 0 aliphatic carbocycles. The Kier molecular flexibility index (Phi) is 6.12. The van der Waals surface area contributed by atoms with Crippen LogP contribution in [-0.2, 0) is 9.59 Å². The number of carbonyl (C=O) groups excluding carboxylic acids is 2. The predicted octanol–water partition coefficient (Wildman–Crippen LogP) is 4.89. The predicted molar refractivity (Wildman–Crippen MR) is 137 cm³/mol. The van der Waals surface area contributed by atoms with Crippen molar-refractivity contribution in [2.45, 2.75) is 39.7 Å². The second-order valence-electron chi connectivity index (χ2n) is 9.23. The average Bonchev–Trinajstić information content (AvgIpc) is 3.45. The van der Waals surface area contributed by atoms with Crippen LogP contribution < -0.4 is 4.90 Å². The van der Waals surface area contributed by atoms with E-state index in [1.165, 1.54) is 4.90 Å². The summed E-state index contributed by atoms with van der Waals surface area (Å²) < 4.78 is 5.51. The van der Waals surface area contributed by atoms with Gasteiger partial charge >= 0.3 is 5.91 Å². The van der Waals surface area contributed by atoms with Crippen LogP contribution in [0.4, 0.5) is 5.82 Å². The molecule has 1 fully saturated rings. The molecular formula is C28H25N5O4. The van der Waals surface area contributed by atoms with E-state index in [2.05, 4.69) is 34.2 Å². The fraction of sp³-hybridized carbons (Fsp3) is 0.214. The lowest BCUT2D eigenvalue weighted by atomic mass is 9.93. The first-order chi connectivity index (χ1) is 17.7. The standard InChI is InChI=1S/C28H25N5O4/c1-15(2)18-6-10-20(11-7-18)25(34)23-24(19-8-12-21(13-9-19)27-32-30-17(4)37-27)33(28(36)26(23)35)22-14-5-16(3)29-31-22/h5-15,24,34H,1-4H3. The highest BCUT2D eigenvalue weighted by molar-refractivity contribution is 6.51. The summed E-state index contributed by atoms with van der Waals surface area (Å²) in [5.74, 6) is -0.527. The number of aliphatic hydroxyl groups excluding tert-OH is 1. The van der Waals surface area contributed by atoms with Gasteiger partial charge in [0.25, 0.3) is 5.78 Å². The molecule has 0 bridgehead atoms. The zero-order valence-corrected chi connectivity index (χ0v) is 20.8. The summed E-state index contributed by atoms with van der Waals surface area (Å²) in [4.78, 5) is 27.9. The van der Waals surface area contributed by atoms with Crippen LogP contribution in [0.3, 0.4) is 0 Å². The zero-order valence-electron chi connectivity index (χ0n) is 20.8. The first-order valence-electron chi connectivity index (χ1n) is 11.9. The van der Waals surface area contributed by atoms with Gasteiger partial charge in [-0.1, -0.05) is 50.2 Å². The second-order valence-corrected chi connectivity index (χ2v) is 9.23. The molecule has 1 saturated heterocycles. The number of aryl methyl sites for hydroxylation is 2. The van der Waals surface area contributed by atoms with Crippen molar-refractivity contribution < 1.29 is 19.1 Å². The smallest absolute Gasteiger partial charge is 0.301 e. The fourth-order valence-electron chi connectivity index (χ4n) is 4.31. The molecule has 1 amide bonds. The number of carbonyl (C=O) groups is 2. The quantitative estimate of drug-likeness (QED) is 0.236. The number of benzene rings is 2. The topological polar surface area (TPSA) is 122 Å². The molecule has 37 heavy (non-hydrogen) atoms. The van der Waals surface area contributed by atoms with Crippen LogP contribution in [0.2, 0.25) is 0 Å². The van der Waals surface area contributed by atoms with E-state index in [-0.39, 0.29) is 17.2 Å². The van der Waals surface area contributed by atoms with E-state index in [1.54, 1.807) is 62.4 Å². The Bertz CT molecular complexity index is 1500. The summed E-state index contributed by atoms with van der Waals surface area (Å²) >= 11 is 0. The lowest BCUT2D eigenvalue weighted by Crippen LogP contribution is -2.30. The number of ketones is 1. The molecule has 186 valence electrons. The molecule has 1 unspecified atom stereocenters. The van der Waals surface area contributed by atoms with E-state index in [9.17, 15) is 14.7 Å². The third kappa shape index (κ3) is 4.40. The summed E-state index contributed by atoms with van der Waals surface area (Å²) in [5.41, 5.74) is 3.46. The van der Waals surface area contributed by atoms with Gasteiger partial charge in [-0.05, 0) is 48.2 Å². The molecule has 9 heteroatoms. The van der Waals surface area contributed by atoms with Crippen molar-refractivity contribution in [3.63, 3.8) is 0 Å². The summed E-state index contributed by atoms with van der Waals surface area (Å²) in [6, 6.07) is 16.8. The van der Waals surface area contributed by atoms with Crippen molar-refractivity contribution in [1.82, 2.24) is 20.4 Å². The minimum Gasteiger partial charge on any atom is -0.507 e. The van der Waals surface area contributed by atoms with Gasteiger partial charge in [0.05, 0.1) is 17.3 Å². The summed E-state index contributed by atoms with van der Waals surface area (Å²) in [6.07, 6.45) is 0. The molecule has 1 aliphatic rings. The SMILES string of the molecule is Cc1ccc(N2C(=O)C(=O)C(=C(O)c3ccc(C(C)C)cc3)C2c2ccc(-c3nnc(C)o3)cc2)nn1. The number of nitrogens with zero attached hydrogens (tertiary/aromatic N) is 5. The Labute approximate surface area is 213 Å². The molecule has 0 saturated carbocycles. The minimum atomic E-state index is -0.916. The molecule has 2 aromatic heterocycles. The molecule has 0 radical (unpaired) electrons. The van der Waals surface area contributed by atoms with Gasteiger partial charge in [0.15, 0.2) is 5.82 Å². The van der Waals surface area contributed by atoms with Gasteiger partial charge in [-0.2, -0.15) is 5.10 Å². The summed E-state index contributed by atoms with van der Waals surface area (Å²) in [7, 11) is 0. The van der Waals surface area contributed by atoms with Gasteiger partial charge in [-0.15, -0.1) is 15.3 Å². The van der Waals surface area contributed by atoms with Crippen LogP contribution in [0.1, 0.15) is 54.1 Å². The lowest BCUT2D eigenvalue weighted by Gasteiger charge is -2.24. The Hall–Kier alpha value is -4.66. The average molecular weight is 496 g/mol. The Balaban J connectivity index is 1.64. The first kappa shape index (κ1) is 24.1. The molecule has 1 atom stereocenters. The third-order valence-electron chi connectivity index (χ3n) is 6.33. The maximum Gasteiger partial charge on any atom is 0.301 e. The number of aromatic nitrogens is 4. The number of hydrogen-bond acceptors (Lipinski definition) is 8. The minimum absolute atomic E-state index is 0.0222. The Morgan fingerprint density at radius 3 is 2.16 bits per heavy atom. The Morgan fingerprint density at radius 2 is 1.59 bits per heavy atom. The number of rotatable bonds is 5. The van der Waals surface area contributed by atoms with Gasteiger partial charge in [-0.25, -0.2) is 0 Å². The number of aliphatic hydroxyl groups is 1. The Morgan fingerprint density at radius 1 is 0.892 bits per heavy atom. The fourth-order valence-corrected chi connectivity index (χ4v) is 4.31. The molecule has 3 heterocycles. The molecule has 9 nitrogen and oxygen atoms in total. The van der Waals surface area contributed by atoms with E-state index in [0.717, 1.165) is 5.56 Å². The van der Waals surface area contributed by atoms with Crippen molar-refractivity contribution in [3.8, 4) is 11.5 Å². The molecule has 0 spiro atoms. The van der Waals surface area contributed by atoms with Gasteiger partial charge in [0.2, 0.25) is 11.8 Å². The molecule has 1 N–H and O–H groups in total. The second kappa shape index (κ2) is 9.42. The van der Waals surface area contributed by atoms with Crippen LogP contribution in [-0.4, -0.2) is 37.2 Å². The third-order valence-corrected chi connectivity index (χ3v) is 6.33. The van der Waals surface area contributed by atoms with Crippen LogP contribution >= 0.6 is 0 Å². The van der Waals surface area contributed by atoms with Gasteiger partial charge < -0.3 is 9.52 Å². The van der Waals surface area contributed by atoms with Crippen LogP contribution in [0.15, 0.2) is 70.7 Å². The van der Waals surface area contributed by atoms with Crippen molar-refractivity contribution in [3.05, 3.63) is 94.5 Å². The van der Waals surface area contributed by atoms with Crippen LogP contribution in [0, 0.1) is 13.8 Å². The van der Waals surface area contributed by atoms with E-state index in [1.807, 2.05) is 12.1 Å². The zero-order chi connectivity index (χ0) is 26.3. The van der Waals surface area contributed by atoms with Crippen LogP contribution in [0.5, 0.6) is 0 Å². The number of anilines is 1. The largest absolute Gasteiger partial charge is 0.507 e. The molecule has 2 aromatic carbocycles. The monoisotopic (exact) mass is 495 g/mol. The molecule has 4 aromatic rings.